The van der Waals surface area contributed by atoms with Gasteiger partial charge >= 0.3 is 5.97 Å². The summed E-state index contributed by atoms with van der Waals surface area (Å²) >= 11 is 0. The van der Waals surface area contributed by atoms with E-state index in [0.717, 1.165) is 12.8 Å². The summed E-state index contributed by atoms with van der Waals surface area (Å²) in [5, 5.41) is 8.63. The molecule has 2 nitrogen and oxygen atoms in total. The fourth-order valence-corrected chi connectivity index (χ4v) is 2.30. The van der Waals surface area contributed by atoms with Crippen molar-refractivity contribution in [1.82, 2.24) is 0 Å². The predicted molar refractivity (Wildman–Crippen MR) is 81.0 cm³/mol. The third kappa shape index (κ3) is 4.23. The Bertz CT molecular complexity index is 570. The minimum absolute atomic E-state index is 0.241. The molecule has 0 saturated carbocycles. The van der Waals surface area contributed by atoms with E-state index < -0.39 is 5.97 Å². The standard InChI is InChI=1S/C18H20O2/c1-14-5-2-3-7-17(14)13-16-11-9-15(10-12-16)6-4-8-18(19)20/h2-3,5,7,9-12H,4,6,8,13H2,1H3,(H,19,20). The Balaban J connectivity index is 1.95. The highest BCUT2D eigenvalue weighted by atomic mass is 16.4. The van der Waals surface area contributed by atoms with Crippen LogP contribution >= 0.6 is 0 Å². The van der Waals surface area contributed by atoms with Crippen molar-refractivity contribution >= 4 is 5.97 Å². The Hall–Kier alpha value is -2.09. The van der Waals surface area contributed by atoms with Crippen LogP contribution in [0.3, 0.4) is 0 Å². The molecule has 2 aromatic rings. The SMILES string of the molecule is Cc1ccccc1Cc1ccc(CCCC(=O)O)cc1. The second kappa shape index (κ2) is 6.90. The summed E-state index contributed by atoms with van der Waals surface area (Å²) in [5.74, 6) is -0.721. The predicted octanol–water partition coefficient (Wildman–Crippen LogP) is 3.99. The van der Waals surface area contributed by atoms with Gasteiger partial charge in [0.15, 0.2) is 0 Å². The van der Waals surface area contributed by atoms with Gasteiger partial charge in [0, 0.05) is 6.42 Å². The average Bonchev–Trinajstić information content (AvgIpc) is 2.43. The van der Waals surface area contributed by atoms with Gasteiger partial charge in [-0.3, -0.25) is 4.79 Å². The molecule has 1 N–H and O–H groups in total. The highest BCUT2D eigenvalue weighted by Crippen LogP contribution is 2.15. The molecule has 0 aliphatic heterocycles. The monoisotopic (exact) mass is 268 g/mol. The van der Waals surface area contributed by atoms with Crippen LogP contribution in [0.25, 0.3) is 0 Å². The van der Waals surface area contributed by atoms with E-state index >= 15 is 0 Å². The van der Waals surface area contributed by atoms with E-state index in [1.807, 2.05) is 0 Å². The Morgan fingerprint density at radius 2 is 1.65 bits per heavy atom. The molecule has 0 unspecified atom stereocenters. The number of rotatable bonds is 6. The van der Waals surface area contributed by atoms with Crippen LogP contribution in [0.2, 0.25) is 0 Å². The molecule has 0 fully saturated rings. The summed E-state index contributed by atoms with van der Waals surface area (Å²) in [6.07, 6.45) is 2.72. The van der Waals surface area contributed by atoms with Crippen LogP contribution < -0.4 is 0 Å². The van der Waals surface area contributed by atoms with Gasteiger partial charge in [0.1, 0.15) is 0 Å². The Morgan fingerprint density at radius 1 is 1.00 bits per heavy atom. The summed E-state index contributed by atoms with van der Waals surface area (Å²) in [6, 6.07) is 16.9. The number of benzene rings is 2. The molecular weight excluding hydrogens is 248 g/mol. The fourth-order valence-electron chi connectivity index (χ4n) is 2.30. The Labute approximate surface area is 120 Å². The van der Waals surface area contributed by atoms with Gasteiger partial charge in [-0.05, 0) is 48.4 Å². The largest absolute Gasteiger partial charge is 0.481 e. The maximum Gasteiger partial charge on any atom is 0.303 e. The first-order valence-electron chi connectivity index (χ1n) is 6.99. The lowest BCUT2D eigenvalue weighted by molar-refractivity contribution is -0.137. The molecule has 0 spiro atoms. The van der Waals surface area contributed by atoms with Crippen molar-refractivity contribution in [2.45, 2.75) is 32.6 Å². The zero-order valence-corrected chi connectivity index (χ0v) is 11.8. The lowest BCUT2D eigenvalue weighted by atomic mass is 9.99. The number of carbonyl (C=O) groups is 1. The van der Waals surface area contributed by atoms with Crippen molar-refractivity contribution in [1.29, 1.82) is 0 Å². The van der Waals surface area contributed by atoms with Crippen molar-refractivity contribution in [3.05, 3.63) is 70.8 Å². The van der Waals surface area contributed by atoms with Crippen LogP contribution in [-0.4, -0.2) is 11.1 Å². The van der Waals surface area contributed by atoms with Gasteiger partial charge in [-0.25, -0.2) is 0 Å². The lowest BCUT2D eigenvalue weighted by Gasteiger charge is -2.07. The summed E-state index contributed by atoms with van der Waals surface area (Å²) < 4.78 is 0. The highest BCUT2D eigenvalue weighted by Gasteiger charge is 2.01. The van der Waals surface area contributed by atoms with E-state index in [4.69, 9.17) is 5.11 Å². The number of aliphatic carboxylic acids is 1. The van der Waals surface area contributed by atoms with Gasteiger partial charge in [0.25, 0.3) is 0 Å². The molecule has 0 aromatic heterocycles. The van der Waals surface area contributed by atoms with E-state index in [9.17, 15) is 4.79 Å². The van der Waals surface area contributed by atoms with Crippen LogP contribution in [0.4, 0.5) is 0 Å². The second-order valence-electron chi connectivity index (χ2n) is 5.17. The average molecular weight is 268 g/mol. The van der Waals surface area contributed by atoms with E-state index in [1.54, 1.807) is 0 Å². The molecule has 104 valence electrons. The summed E-state index contributed by atoms with van der Waals surface area (Å²) in [6.45, 7) is 2.13. The highest BCUT2D eigenvalue weighted by molar-refractivity contribution is 5.66. The topological polar surface area (TPSA) is 37.3 Å². The molecule has 0 bridgehead atoms. The third-order valence-electron chi connectivity index (χ3n) is 3.53. The molecule has 0 saturated heterocycles. The van der Waals surface area contributed by atoms with E-state index in [2.05, 4.69) is 55.5 Å². The number of hydrogen-bond donors (Lipinski definition) is 1. The minimum atomic E-state index is -0.721. The molecule has 20 heavy (non-hydrogen) atoms. The first-order valence-corrected chi connectivity index (χ1v) is 6.99. The van der Waals surface area contributed by atoms with E-state index in [0.29, 0.717) is 6.42 Å². The molecule has 0 atom stereocenters. The van der Waals surface area contributed by atoms with Crippen molar-refractivity contribution in [3.8, 4) is 0 Å². The smallest absolute Gasteiger partial charge is 0.303 e. The van der Waals surface area contributed by atoms with Crippen LogP contribution in [0, 0.1) is 6.92 Å². The zero-order valence-electron chi connectivity index (χ0n) is 11.8. The first kappa shape index (κ1) is 14.3. The molecule has 0 radical (unpaired) electrons. The first-order chi connectivity index (χ1) is 9.65. The molecule has 0 aliphatic carbocycles. The van der Waals surface area contributed by atoms with Gasteiger partial charge in [0.05, 0.1) is 0 Å². The summed E-state index contributed by atoms with van der Waals surface area (Å²) in [4.78, 5) is 10.5. The van der Waals surface area contributed by atoms with Crippen LogP contribution in [0.1, 0.15) is 35.1 Å². The van der Waals surface area contributed by atoms with Crippen molar-refractivity contribution in [3.63, 3.8) is 0 Å². The lowest BCUT2D eigenvalue weighted by Crippen LogP contribution is -1.96. The third-order valence-corrected chi connectivity index (χ3v) is 3.53. The van der Waals surface area contributed by atoms with Crippen molar-refractivity contribution in [2.24, 2.45) is 0 Å². The Morgan fingerprint density at radius 3 is 2.30 bits per heavy atom. The molecule has 0 aliphatic rings. The van der Waals surface area contributed by atoms with Crippen molar-refractivity contribution in [2.75, 3.05) is 0 Å². The molecule has 0 amide bonds. The van der Waals surface area contributed by atoms with Gasteiger partial charge in [-0.15, -0.1) is 0 Å². The molecule has 2 rings (SSSR count). The van der Waals surface area contributed by atoms with Gasteiger partial charge < -0.3 is 5.11 Å². The summed E-state index contributed by atoms with van der Waals surface area (Å²) in [7, 11) is 0. The number of aryl methyl sites for hydroxylation is 2. The summed E-state index contributed by atoms with van der Waals surface area (Å²) in [5.41, 5.74) is 5.17. The fraction of sp³-hybridized carbons (Fsp3) is 0.278. The van der Waals surface area contributed by atoms with Crippen LogP contribution in [-0.2, 0) is 17.6 Å². The molecular formula is C18H20O2. The van der Waals surface area contributed by atoms with Gasteiger partial charge in [-0.1, -0.05) is 48.5 Å². The minimum Gasteiger partial charge on any atom is -0.481 e. The van der Waals surface area contributed by atoms with E-state index in [-0.39, 0.29) is 6.42 Å². The second-order valence-corrected chi connectivity index (χ2v) is 5.17. The van der Waals surface area contributed by atoms with Gasteiger partial charge in [0.2, 0.25) is 0 Å². The van der Waals surface area contributed by atoms with Crippen LogP contribution in [0.15, 0.2) is 48.5 Å². The molecule has 2 heteroatoms. The Kier molecular flexibility index (Phi) is 4.94. The zero-order chi connectivity index (χ0) is 14.4. The number of carboxylic acid groups (broad SMARTS) is 1. The molecule has 2 aromatic carbocycles. The number of hydrogen-bond acceptors (Lipinski definition) is 1. The van der Waals surface area contributed by atoms with Crippen LogP contribution in [0.5, 0.6) is 0 Å². The van der Waals surface area contributed by atoms with Gasteiger partial charge in [-0.2, -0.15) is 0 Å². The van der Waals surface area contributed by atoms with Crippen molar-refractivity contribution < 1.29 is 9.90 Å². The maximum absolute atomic E-state index is 10.5. The van der Waals surface area contributed by atoms with E-state index in [1.165, 1.54) is 22.3 Å². The maximum atomic E-state index is 10.5. The normalized spacial score (nSPS) is 10.4. The quantitative estimate of drug-likeness (QED) is 0.860. The number of carboxylic acids is 1. The molecule has 0 heterocycles.